The molecule has 0 radical (unpaired) electrons. The van der Waals surface area contributed by atoms with Crippen molar-refractivity contribution in [3.05, 3.63) is 96.0 Å². The van der Waals surface area contributed by atoms with Crippen LogP contribution >= 0.6 is 11.6 Å². The van der Waals surface area contributed by atoms with Gasteiger partial charge in [-0.15, -0.1) is 0 Å². The van der Waals surface area contributed by atoms with E-state index < -0.39 is 0 Å². The van der Waals surface area contributed by atoms with Gasteiger partial charge in [0.2, 0.25) is 0 Å². The highest BCUT2D eigenvalue weighted by Crippen LogP contribution is 2.42. The van der Waals surface area contributed by atoms with Crippen LogP contribution in [0.4, 0.5) is 0 Å². The molecule has 0 atom stereocenters. The maximum atomic E-state index is 6.83. The molecule has 0 aliphatic rings. The average Bonchev–Trinajstić information content (AvgIpc) is 2.68. The van der Waals surface area contributed by atoms with Gasteiger partial charge >= 0.3 is 0 Å². The van der Waals surface area contributed by atoms with Crippen LogP contribution < -0.4 is 0 Å². The van der Waals surface area contributed by atoms with E-state index in [4.69, 9.17) is 11.6 Å². The second kappa shape index (κ2) is 5.61. The Balaban J connectivity index is 2.07. The lowest BCUT2D eigenvalue weighted by Crippen LogP contribution is -1.88. The van der Waals surface area contributed by atoms with Crippen molar-refractivity contribution in [3.63, 3.8) is 0 Å². The summed E-state index contributed by atoms with van der Waals surface area (Å²) < 4.78 is 0. The molecule has 0 aliphatic heterocycles. The minimum Gasteiger partial charge on any atom is -0.0830 e. The van der Waals surface area contributed by atoms with Crippen molar-refractivity contribution in [2.75, 3.05) is 0 Å². The maximum Gasteiger partial charge on any atom is 0.0563 e. The van der Waals surface area contributed by atoms with Gasteiger partial charge < -0.3 is 0 Å². The summed E-state index contributed by atoms with van der Waals surface area (Å²) in [4.78, 5) is 0. The lowest BCUT2D eigenvalue weighted by molar-refractivity contribution is 1.68. The van der Waals surface area contributed by atoms with Gasteiger partial charge in [0.05, 0.1) is 5.02 Å². The summed E-state index contributed by atoms with van der Waals surface area (Å²) in [5.74, 6) is 0. The van der Waals surface area contributed by atoms with Gasteiger partial charge in [-0.25, -0.2) is 0 Å². The van der Waals surface area contributed by atoms with Crippen molar-refractivity contribution in [3.8, 4) is 11.1 Å². The molecule has 0 saturated heterocycles. The smallest absolute Gasteiger partial charge is 0.0563 e. The molecule has 5 aromatic carbocycles. The molecule has 118 valence electrons. The van der Waals surface area contributed by atoms with E-state index in [1.807, 2.05) is 0 Å². The molecular formula is C24H15Cl. The lowest BCUT2D eigenvalue weighted by atomic mass is 9.90. The summed E-state index contributed by atoms with van der Waals surface area (Å²) in [6, 6.07) is 31.9. The molecule has 5 rings (SSSR count). The Kier molecular flexibility index (Phi) is 3.26. The first-order valence-electron chi connectivity index (χ1n) is 8.41. The van der Waals surface area contributed by atoms with Gasteiger partial charge in [0, 0.05) is 10.8 Å². The molecule has 0 N–H and O–H groups in total. The van der Waals surface area contributed by atoms with Gasteiger partial charge in [-0.05, 0) is 44.8 Å². The normalized spacial score (nSPS) is 11.4. The van der Waals surface area contributed by atoms with E-state index in [2.05, 4.69) is 91.0 Å². The van der Waals surface area contributed by atoms with E-state index in [-0.39, 0.29) is 0 Å². The molecule has 1 heteroatoms. The highest BCUT2D eigenvalue weighted by Gasteiger charge is 2.14. The van der Waals surface area contributed by atoms with Crippen molar-refractivity contribution in [2.45, 2.75) is 0 Å². The topological polar surface area (TPSA) is 0 Å². The number of hydrogen-bond acceptors (Lipinski definition) is 0. The van der Waals surface area contributed by atoms with Crippen molar-refractivity contribution in [1.82, 2.24) is 0 Å². The Labute approximate surface area is 151 Å². The van der Waals surface area contributed by atoms with Crippen LogP contribution in [0.2, 0.25) is 5.02 Å². The van der Waals surface area contributed by atoms with E-state index in [1.165, 1.54) is 32.7 Å². The molecule has 0 aromatic heterocycles. The number of rotatable bonds is 1. The monoisotopic (exact) mass is 338 g/mol. The molecule has 0 unspecified atom stereocenters. The van der Waals surface area contributed by atoms with Crippen LogP contribution in [0.15, 0.2) is 91.0 Å². The van der Waals surface area contributed by atoms with E-state index in [0.29, 0.717) is 0 Å². The predicted octanol–water partition coefficient (Wildman–Crippen LogP) is 7.47. The third kappa shape index (κ3) is 2.22. The zero-order valence-corrected chi connectivity index (χ0v) is 14.3. The first kappa shape index (κ1) is 14.5. The van der Waals surface area contributed by atoms with Crippen LogP contribution in [0, 0.1) is 0 Å². The molecule has 0 saturated carbocycles. The Bertz CT molecular complexity index is 1240. The first-order valence-corrected chi connectivity index (χ1v) is 8.79. The molecule has 0 heterocycles. The molecule has 0 amide bonds. The number of benzene rings is 5. The highest BCUT2D eigenvalue weighted by atomic mass is 35.5. The molecular weight excluding hydrogens is 324 g/mol. The fourth-order valence-electron chi connectivity index (χ4n) is 3.73. The maximum absolute atomic E-state index is 6.83. The highest BCUT2D eigenvalue weighted by molar-refractivity contribution is 6.42. The summed E-state index contributed by atoms with van der Waals surface area (Å²) >= 11 is 6.83. The Hall–Kier alpha value is -2.83. The van der Waals surface area contributed by atoms with Gasteiger partial charge in [0.15, 0.2) is 0 Å². The van der Waals surface area contributed by atoms with Crippen molar-refractivity contribution >= 4 is 43.9 Å². The summed E-state index contributed by atoms with van der Waals surface area (Å²) in [6.45, 7) is 0. The largest absolute Gasteiger partial charge is 0.0830 e. The minimum atomic E-state index is 0.830. The van der Waals surface area contributed by atoms with Crippen LogP contribution in [0.3, 0.4) is 0 Å². The third-order valence-corrected chi connectivity index (χ3v) is 5.29. The fourth-order valence-corrected chi connectivity index (χ4v) is 4.05. The molecule has 0 spiro atoms. The average molecular weight is 339 g/mol. The Morgan fingerprint density at radius 1 is 0.480 bits per heavy atom. The SMILES string of the molecule is Clc1c2ccccc2c(-c2ccccc2)c2cc3ccccc3cc12. The predicted molar refractivity (Wildman–Crippen MR) is 109 cm³/mol. The van der Waals surface area contributed by atoms with E-state index in [0.717, 1.165) is 15.8 Å². The number of hydrogen-bond donors (Lipinski definition) is 0. The van der Waals surface area contributed by atoms with Gasteiger partial charge in [-0.3, -0.25) is 0 Å². The molecule has 5 aromatic rings. The summed E-state index contributed by atoms with van der Waals surface area (Å²) in [5.41, 5.74) is 2.47. The summed E-state index contributed by atoms with van der Waals surface area (Å²) in [6.07, 6.45) is 0. The zero-order chi connectivity index (χ0) is 16.8. The summed E-state index contributed by atoms with van der Waals surface area (Å²) in [7, 11) is 0. The van der Waals surface area contributed by atoms with Crippen molar-refractivity contribution in [1.29, 1.82) is 0 Å². The standard InChI is InChI=1S/C24H15Cl/c25-24-20-13-7-6-12-19(20)23(16-8-2-1-3-9-16)21-14-17-10-4-5-11-18(17)15-22(21)24/h1-15H. The first-order chi connectivity index (χ1) is 12.3. The van der Waals surface area contributed by atoms with E-state index in [1.54, 1.807) is 0 Å². The van der Waals surface area contributed by atoms with E-state index >= 15 is 0 Å². The van der Waals surface area contributed by atoms with Gasteiger partial charge in [0.25, 0.3) is 0 Å². The molecule has 0 fully saturated rings. The second-order valence-electron chi connectivity index (χ2n) is 6.35. The van der Waals surface area contributed by atoms with Gasteiger partial charge in [0.1, 0.15) is 0 Å². The summed E-state index contributed by atoms with van der Waals surface area (Å²) in [5, 5.41) is 7.89. The Morgan fingerprint density at radius 3 is 1.76 bits per heavy atom. The quantitative estimate of drug-likeness (QED) is 0.278. The second-order valence-corrected chi connectivity index (χ2v) is 6.72. The van der Waals surface area contributed by atoms with Crippen LogP contribution in [-0.4, -0.2) is 0 Å². The van der Waals surface area contributed by atoms with Crippen LogP contribution in [0.25, 0.3) is 43.4 Å². The van der Waals surface area contributed by atoms with Crippen LogP contribution in [0.1, 0.15) is 0 Å². The van der Waals surface area contributed by atoms with Crippen LogP contribution in [0.5, 0.6) is 0 Å². The third-order valence-electron chi connectivity index (χ3n) is 4.89. The van der Waals surface area contributed by atoms with Gasteiger partial charge in [-0.2, -0.15) is 0 Å². The Morgan fingerprint density at radius 2 is 1.04 bits per heavy atom. The molecule has 0 nitrogen and oxygen atoms in total. The fraction of sp³-hybridized carbons (Fsp3) is 0. The molecule has 0 bridgehead atoms. The van der Waals surface area contributed by atoms with Crippen LogP contribution in [-0.2, 0) is 0 Å². The number of halogens is 1. The van der Waals surface area contributed by atoms with Crippen molar-refractivity contribution < 1.29 is 0 Å². The lowest BCUT2D eigenvalue weighted by Gasteiger charge is -2.15. The van der Waals surface area contributed by atoms with Gasteiger partial charge in [-0.1, -0.05) is 90.5 Å². The molecule has 0 aliphatic carbocycles. The van der Waals surface area contributed by atoms with E-state index in [9.17, 15) is 0 Å². The molecule has 25 heavy (non-hydrogen) atoms. The minimum absolute atomic E-state index is 0.830. The number of fused-ring (bicyclic) bond motifs is 3. The van der Waals surface area contributed by atoms with Crippen molar-refractivity contribution in [2.24, 2.45) is 0 Å². The zero-order valence-electron chi connectivity index (χ0n) is 13.5.